The molecule has 0 spiro atoms. The van der Waals surface area contributed by atoms with E-state index in [1.807, 2.05) is 18.2 Å². The second-order valence-electron chi connectivity index (χ2n) is 8.54. The third kappa shape index (κ3) is 5.34. The number of nitrogens with one attached hydrogen (secondary N) is 1. The standard InChI is InChI=1S/C24H30ClN3O3S/c25-22-11-10-19(16-23(22)32(30,31)28-14-4-1-5-15-28)24(29)26-17-20-8-2-3-9-21(20)18-27-12-6-7-13-27/h2-3,8-11,16H,1,4-7,12-15,17-18H2,(H,26,29). The summed E-state index contributed by atoms with van der Waals surface area (Å²) in [6.45, 7) is 4.47. The zero-order valence-electron chi connectivity index (χ0n) is 18.2. The molecule has 0 bridgehead atoms. The van der Waals surface area contributed by atoms with Crippen LogP contribution in [0.15, 0.2) is 47.4 Å². The highest BCUT2D eigenvalue weighted by molar-refractivity contribution is 7.89. The van der Waals surface area contributed by atoms with E-state index in [4.69, 9.17) is 11.6 Å². The lowest BCUT2D eigenvalue weighted by Gasteiger charge is -2.26. The van der Waals surface area contributed by atoms with E-state index in [9.17, 15) is 13.2 Å². The number of amides is 1. The lowest BCUT2D eigenvalue weighted by molar-refractivity contribution is 0.0950. The SMILES string of the molecule is O=C(NCc1ccccc1CN1CCCC1)c1ccc(Cl)c(S(=O)(=O)N2CCCCC2)c1. The maximum atomic E-state index is 13.1. The molecule has 0 unspecified atom stereocenters. The van der Waals surface area contributed by atoms with Gasteiger partial charge in [0.25, 0.3) is 5.91 Å². The number of rotatable bonds is 7. The molecule has 2 aromatic rings. The number of benzene rings is 2. The van der Waals surface area contributed by atoms with Gasteiger partial charge in [-0.25, -0.2) is 8.42 Å². The van der Waals surface area contributed by atoms with Gasteiger partial charge >= 0.3 is 0 Å². The van der Waals surface area contributed by atoms with Crippen molar-refractivity contribution in [2.75, 3.05) is 26.2 Å². The summed E-state index contributed by atoms with van der Waals surface area (Å²) < 4.78 is 27.6. The van der Waals surface area contributed by atoms with Crippen LogP contribution >= 0.6 is 11.6 Å². The second-order valence-corrected chi connectivity index (χ2v) is 10.9. The number of halogens is 1. The summed E-state index contributed by atoms with van der Waals surface area (Å²) in [7, 11) is -3.72. The van der Waals surface area contributed by atoms with Crippen molar-refractivity contribution in [1.29, 1.82) is 0 Å². The molecule has 6 nitrogen and oxygen atoms in total. The first-order valence-electron chi connectivity index (χ1n) is 11.3. The minimum Gasteiger partial charge on any atom is -0.348 e. The Labute approximate surface area is 195 Å². The Balaban J connectivity index is 1.47. The molecule has 2 saturated heterocycles. The van der Waals surface area contributed by atoms with E-state index in [-0.39, 0.29) is 15.8 Å². The smallest absolute Gasteiger partial charge is 0.251 e. The molecule has 2 aliphatic rings. The summed E-state index contributed by atoms with van der Waals surface area (Å²) in [6.07, 6.45) is 5.18. The lowest BCUT2D eigenvalue weighted by Crippen LogP contribution is -2.36. The molecule has 0 radical (unpaired) electrons. The van der Waals surface area contributed by atoms with E-state index in [0.29, 0.717) is 25.2 Å². The molecule has 0 saturated carbocycles. The van der Waals surface area contributed by atoms with Crippen molar-refractivity contribution in [1.82, 2.24) is 14.5 Å². The number of hydrogen-bond donors (Lipinski definition) is 1. The topological polar surface area (TPSA) is 69.7 Å². The van der Waals surface area contributed by atoms with Gasteiger partial charge in [-0.2, -0.15) is 4.31 Å². The number of piperidine rings is 1. The van der Waals surface area contributed by atoms with Crippen molar-refractivity contribution < 1.29 is 13.2 Å². The van der Waals surface area contributed by atoms with Crippen LogP contribution in [0.4, 0.5) is 0 Å². The molecule has 4 rings (SSSR count). The normalized spacial score (nSPS) is 18.0. The fourth-order valence-electron chi connectivity index (χ4n) is 4.43. The molecule has 1 N–H and O–H groups in total. The summed E-state index contributed by atoms with van der Waals surface area (Å²) in [5, 5.41) is 3.09. The highest BCUT2D eigenvalue weighted by atomic mass is 35.5. The summed E-state index contributed by atoms with van der Waals surface area (Å²) in [5.74, 6) is -0.312. The summed E-state index contributed by atoms with van der Waals surface area (Å²) >= 11 is 6.24. The molecular weight excluding hydrogens is 446 g/mol. The molecule has 0 atom stereocenters. The van der Waals surface area contributed by atoms with Crippen LogP contribution in [0.3, 0.4) is 0 Å². The first-order valence-corrected chi connectivity index (χ1v) is 13.1. The van der Waals surface area contributed by atoms with Gasteiger partial charge in [0.1, 0.15) is 4.90 Å². The van der Waals surface area contributed by atoms with Crippen molar-refractivity contribution in [2.24, 2.45) is 0 Å². The Kier molecular flexibility index (Phi) is 7.51. The van der Waals surface area contributed by atoms with E-state index in [0.717, 1.165) is 44.5 Å². The first kappa shape index (κ1) is 23.2. The van der Waals surface area contributed by atoms with Crippen molar-refractivity contribution in [2.45, 2.75) is 50.1 Å². The molecular formula is C24H30ClN3O3S. The van der Waals surface area contributed by atoms with Crippen LogP contribution in [0.2, 0.25) is 5.02 Å². The maximum Gasteiger partial charge on any atom is 0.251 e. The highest BCUT2D eigenvalue weighted by Gasteiger charge is 2.28. The second kappa shape index (κ2) is 10.3. The lowest BCUT2D eigenvalue weighted by atomic mass is 10.1. The fourth-order valence-corrected chi connectivity index (χ4v) is 6.45. The van der Waals surface area contributed by atoms with Crippen LogP contribution in [-0.2, 0) is 23.1 Å². The Morgan fingerprint density at radius 2 is 1.56 bits per heavy atom. The van der Waals surface area contributed by atoms with Crippen molar-refractivity contribution in [3.8, 4) is 0 Å². The van der Waals surface area contributed by atoms with Gasteiger partial charge in [-0.1, -0.05) is 42.3 Å². The Morgan fingerprint density at radius 3 is 2.28 bits per heavy atom. The minimum atomic E-state index is -3.72. The van der Waals surface area contributed by atoms with Crippen molar-refractivity contribution in [3.05, 3.63) is 64.2 Å². The van der Waals surface area contributed by atoms with Gasteiger partial charge in [0.05, 0.1) is 5.02 Å². The van der Waals surface area contributed by atoms with Crippen molar-refractivity contribution >= 4 is 27.5 Å². The molecule has 32 heavy (non-hydrogen) atoms. The van der Waals surface area contributed by atoms with Crippen LogP contribution in [0.1, 0.15) is 53.6 Å². The van der Waals surface area contributed by atoms with Crippen LogP contribution in [0.5, 0.6) is 0 Å². The van der Waals surface area contributed by atoms with Crippen LogP contribution in [0, 0.1) is 0 Å². The van der Waals surface area contributed by atoms with Gasteiger partial charge in [0, 0.05) is 31.7 Å². The average molecular weight is 476 g/mol. The predicted octanol–water partition coefficient (Wildman–Crippen LogP) is 4.04. The van der Waals surface area contributed by atoms with E-state index >= 15 is 0 Å². The zero-order valence-corrected chi connectivity index (χ0v) is 19.8. The third-order valence-electron chi connectivity index (χ3n) is 6.28. The fraction of sp³-hybridized carbons (Fsp3) is 0.458. The zero-order chi connectivity index (χ0) is 22.6. The summed E-state index contributed by atoms with van der Waals surface area (Å²) in [4.78, 5) is 15.3. The average Bonchev–Trinajstić information content (AvgIpc) is 3.32. The number of carbonyl (C=O) groups excluding carboxylic acids is 1. The van der Waals surface area contributed by atoms with Gasteiger partial charge in [0.2, 0.25) is 10.0 Å². The molecule has 0 aliphatic carbocycles. The van der Waals surface area contributed by atoms with Crippen LogP contribution in [-0.4, -0.2) is 49.7 Å². The van der Waals surface area contributed by atoms with E-state index < -0.39 is 10.0 Å². The number of hydrogen-bond acceptors (Lipinski definition) is 4. The minimum absolute atomic E-state index is 0.00292. The molecule has 2 fully saturated rings. The summed E-state index contributed by atoms with van der Waals surface area (Å²) in [6, 6.07) is 12.6. The van der Waals surface area contributed by atoms with Gasteiger partial charge in [-0.15, -0.1) is 0 Å². The largest absolute Gasteiger partial charge is 0.348 e. The maximum absolute atomic E-state index is 13.1. The van der Waals surface area contributed by atoms with Gasteiger partial charge in [0.15, 0.2) is 0 Å². The molecule has 172 valence electrons. The Bertz CT molecular complexity index is 1060. The van der Waals surface area contributed by atoms with Crippen LogP contribution < -0.4 is 5.32 Å². The molecule has 2 heterocycles. The molecule has 1 amide bonds. The van der Waals surface area contributed by atoms with Gasteiger partial charge in [-0.3, -0.25) is 9.69 Å². The number of carbonyl (C=O) groups is 1. The number of sulfonamides is 1. The molecule has 2 aliphatic heterocycles. The number of nitrogens with zero attached hydrogens (tertiary/aromatic N) is 2. The van der Waals surface area contributed by atoms with E-state index in [2.05, 4.69) is 16.3 Å². The number of likely N-dealkylation sites (tertiary alicyclic amines) is 1. The highest BCUT2D eigenvalue weighted by Crippen LogP contribution is 2.28. The summed E-state index contributed by atoms with van der Waals surface area (Å²) in [5.41, 5.74) is 2.57. The quantitative estimate of drug-likeness (QED) is 0.656. The monoisotopic (exact) mass is 475 g/mol. The Morgan fingerprint density at radius 1 is 0.906 bits per heavy atom. The van der Waals surface area contributed by atoms with E-state index in [1.54, 1.807) is 6.07 Å². The van der Waals surface area contributed by atoms with Gasteiger partial charge in [-0.05, 0) is 68.1 Å². The molecule has 8 heteroatoms. The van der Waals surface area contributed by atoms with Crippen LogP contribution in [0.25, 0.3) is 0 Å². The Hall–Kier alpha value is -1.93. The molecule has 0 aromatic heterocycles. The third-order valence-corrected chi connectivity index (χ3v) is 8.66. The van der Waals surface area contributed by atoms with Gasteiger partial charge < -0.3 is 5.32 Å². The van der Waals surface area contributed by atoms with E-state index in [1.165, 1.54) is 34.8 Å². The predicted molar refractivity (Wildman–Crippen MR) is 126 cm³/mol. The molecule has 2 aromatic carbocycles. The van der Waals surface area contributed by atoms with Crippen molar-refractivity contribution in [3.63, 3.8) is 0 Å². The first-order chi connectivity index (χ1) is 15.4.